The third kappa shape index (κ3) is 2.88. The van der Waals surface area contributed by atoms with Crippen LogP contribution in [0, 0.1) is 0 Å². The van der Waals surface area contributed by atoms with Gasteiger partial charge in [-0.25, -0.2) is 4.98 Å². The van der Waals surface area contributed by atoms with Gasteiger partial charge in [-0.05, 0) is 42.8 Å². The average molecular weight is 275 g/mol. The molecule has 1 aromatic heterocycles. The van der Waals surface area contributed by atoms with Crippen LogP contribution in [0.3, 0.4) is 0 Å². The van der Waals surface area contributed by atoms with Gasteiger partial charge in [0.05, 0.1) is 0 Å². The van der Waals surface area contributed by atoms with Crippen molar-refractivity contribution < 1.29 is 4.74 Å². The van der Waals surface area contributed by atoms with E-state index in [1.165, 1.54) is 0 Å². The number of hydrogen-bond acceptors (Lipinski definition) is 3. The van der Waals surface area contributed by atoms with Gasteiger partial charge in [-0.3, -0.25) is 0 Å². The Labute approximate surface area is 117 Å². The number of rotatable bonds is 3. The second kappa shape index (κ2) is 5.59. The number of pyridine rings is 1. The second-order valence-corrected chi connectivity index (χ2v) is 5.03. The van der Waals surface area contributed by atoms with Crippen molar-refractivity contribution in [2.24, 2.45) is 0 Å². The third-order valence-electron chi connectivity index (χ3n) is 3.22. The zero-order valence-electron chi connectivity index (χ0n) is 10.5. The van der Waals surface area contributed by atoms with Gasteiger partial charge in [0.25, 0.3) is 0 Å². The maximum atomic E-state index is 5.98. The summed E-state index contributed by atoms with van der Waals surface area (Å²) >= 11 is 5.92. The summed E-state index contributed by atoms with van der Waals surface area (Å²) in [4.78, 5) is 4.36. The molecule has 2 aromatic rings. The van der Waals surface area contributed by atoms with Crippen LogP contribution in [0.1, 0.15) is 6.42 Å². The van der Waals surface area contributed by atoms with Gasteiger partial charge in [-0.1, -0.05) is 23.7 Å². The lowest BCUT2D eigenvalue weighted by Crippen LogP contribution is -2.20. The normalized spacial score (nSPS) is 18.5. The molecular formula is C15H15ClN2O. The van der Waals surface area contributed by atoms with Crippen molar-refractivity contribution in [1.29, 1.82) is 0 Å². The molecule has 1 saturated heterocycles. The molecule has 1 fully saturated rings. The standard InChI is InChI=1S/C15H15ClN2O/c16-12-5-3-11(4-6-12)14-2-1-8-18-15(14)19-13-7-9-17-10-13/h1-6,8,13,17H,7,9-10H2. The lowest BCUT2D eigenvalue weighted by Gasteiger charge is -2.14. The van der Waals surface area contributed by atoms with Gasteiger partial charge in [-0.2, -0.15) is 0 Å². The fourth-order valence-corrected chi connectivity index (χ4v) is 2.35. The Bertz CT molecular complexity index is 550. The zero-order chi connectivity index (χ0) is 13.1. The highest BCUT2D eigenvalue weighted by atomic mass is 35.5. The largest absolute Gasteiger partial charge is 0.473 e. The molecule has 3 nitrogen and oxygen atoms in total. The van der Waals surface area contributed by atoms with Crippen molar-refractivity contribution in [3.63, 3.8) is 0 Å². The van der Waals surface area contributed by atoms with Crippen LogP contribution in [-0.2, 0) is 0 Å². The van der Waals surface area contributed by atoms with Gasteiger partial charge >= 0.3 is 0 Å². The molecule has 1 N–H and O–H groups in total. The molecule has 1 aromatic carbocycles. The SMILES string of the molecule is Clc1ccc(-c2cccnc2OC2CCNC2)cc1. The van der Waals surface area contributed by atoms with E-state index in [9.17, 15) is 0 Å². The van der Waals surface area contributed by atoms with Crippen molar-refractivity contribution >= 4 is 11.6 Å². The predicted molar refractivity (Wildman–Crippen MR) is 76.6 cm³/mol. The van der Waals surface area contributed by atoms with Crippen molar-refractivity contribution in [2.45, 2.75) is 12.5 Å². The monoisotopic (exact) mass is 274 g/mol. The molecular weight excluding hydrogens is 260 g/mol. The van der Waals surface area contributed by atoms with Crippen LogP contribution >= 0.6 is 11.6 Å². The molecule has 1 aliphatic heterocycles. The van der Waals surface area contributed by atoms with Gasteiger partial charge < -0.3 is 10.1 Å². The van der Waals surface area contributed by atoms with E-state index in [0.29, 0.717) is 5.88 Å². The van der Waals surface area contributed by atoms with E-state index in [0.717, 1.165) is 35.7 Å². The molecule has 0 amide bonds. The number of ether oxygens (including phenoxy) is 1. The lowest BCUT2D eigenvalue weighted by molar-refractivity contribution is 0.215. The molecule has 0 bridgehead atoms. The third-order valence-corrected chi connectivity index (χ3v) is 3.47. The summed E-state index contributed by atoms with van der Waals surface area (Å²) in [6.07, 6.45) is 2.99. The van der Waals surface area contributed by atoms with Crippen LogP contribution in [-0.4, -0.2) is 24.2 Å². The molecule has 1 unspecified atom stereocenters. The summed E-state index contributed by atoms with van der Waals surface area (Å²) in [6, 6.07) is 11.7. The first-order valence-electron chi connectivity index (χ1n) is 6.41. The minimum atomic E-state index is 0.209. The Morgan fingerprint density at radius 1 is 1.21 bits per heavy atom. The van der Waals surface area contributed by atoms with E-state index in [1.807, 2.05) is 36.4 Å². The van der Waals surface area contributed by atoms with Gasteiger partial charge in [0.2, 0.25) is 5.88 Å². The molecule has 4 heteroatoms. The van der Waals surface area contributed by atoms with E-state index in [2.05, 4.69) is 10.3 Å². The average Bonchev–Trinajstić information content (AvgIpc) is 2.93. The van der Waals surface area contributed by atoms with Crippen LogP contribution in [0.25, 0.3) is 11.1 Å². The highest BCUT2D eigenvalue weighted by molar-refractivity contribution is 6.30. The molecule has 1 atom stereocenters. The quantitative estimate of drug-likeness (QED) is 0.934. The maximum absolute atomic E-state index is 5.98. The number of aromatic nitrogens is 1. The first-order chi connectivity index (χ1) is 9.33. The fourth-order valence-electron chi connectivity index (χ4n) is 2.22. The van der Waals surface area contributed by atoms with Gasteiger partial charge in [0.15, 0.2) is 0 Å². The molecule has 0 aliphatic carbocycles. The lowest BCUT2D eigenvalue weighted by atomic mass is 10.1. The summed E-state index contributed by atoms with van der Waals surface area (Å²) in [5.74, 6) is 0.693. The van der Waals surface area contributed by atoms with Crippen LogP contribution in [0.2, 0.25) is 5.02 Å². The molecule has 98 valence electrons. The first kappa shape index (κ1) is 12.5. The van der Waals surface area contributed by atoms with E-state index in [4.69, 9.17) is 16.3 Å². The van der Waals surface area contributed by atoms with Gasteiger partial charge in [-0.15, -0.1) is 0 Å². The van der Waals surface area contributed by atoms with Crippen molar-refractivity contribution in [3.05, 3.63) is 47.6 Å². The van der Waals surface area contributed by atoms with Crippen molar-refractivity contribution in [2.75, 3.05) is 13.1 Å². The van der Waals surface area contributed by atoms with Crippen LogP contribution in [0.15, 0.2) is 42.6 Å². The number of halogens is 1. The second-order valence-electron chi connectivity index (χ2n) is 4.60. The summed E-state index contributed by atoms with van der Waals surface area (Å²) in [5, 5.41) is 4.02. The van der Waals surface area contributed by atoms with Crippen LogP contribution in [0.5, 0.6) is 5.88 Å². The number of nitrogens with one attached hydrogen (secondary N) is 1. The first-order valence-corrected chi connectivity index (χ1v) is 6.79. The predicted octanol–water partition coefficient (Wildman–Crippen LogP) is 3.14. The topological polar surface area (TPSA) is 34.1 Å². The minimum absolute atomic E-state index is 0.209. The van der Waals surface area contributed by atoms with Crippen LogP contribution < -0.4 is 10.1 Å². The molecule has 19 heavy (non-hydrogen) atoms. The number of nitrogens with zero attached hydrogens (tertiary/aromatic N) is 1. The minimum Gasteiger partial charge on any atom is -0.473 e. The molecule has 3 rings (SSSR count). The zero-order valence-corrected chi connectivity index (χ0v) is 11.2. The highest BCUT2D eigenvalue weighted by Gasteiger charge is 2.18. The maximum Gasteiger partial charge on any atom is 0.221 e. The Kier molecular flexibility index (Phi) is 3.67. The Morgan fingerprint density at radius 3 is 2.79 bits per heavy atom. The number of hydrogen-bond donors (Lipinski definition) is 1. The molecule has 0 spiro atoms. The van der Waals surface area contributed by atoms with E-state index in [-0.39, 0.29) is 6.10 Å². The summed E-state index contributed by atoms with van der Waals surface area (Å²) in [6.45, 7) is 1.89. The molecule has 0 radical (unpaired) electrons. The van der Waals surface area contributed by atoms with Crippen molar-refractivity contribution in [1.82, 2.24) is 10.3 Å². The number of benzene rings is 1. The van der Waals surface area contributed by atoms with Gasteiger partial charge in [0, 0.05) is 23.3 Å². The smallest absolute Gasteiger partial charge is 0.221 e. The summed E-state index contributed by atoms with van der Waals surface area (Å²) in [5.41, 5.74) is 2.07. The van der Waals surface area contributed by atoms with Crippen LogP contribution in [0.4, 0.5) is 0 Å². The molecule has 0 saturated carbocycles. The Hall–Kier alpha value is -1.58. The van der Waals surface area contributed by atoms with Gasteiger partial charge in [0.1, 0.15) is 6.10 Å². The Balaban J connectivity index is 1.90. The van der Waals surface area contributed by atoms with E-state index in [1.54, 1.807) is 6.20 Å². The van der Waals surface area contributed by atoms with Crippen molar-refractivity contribution in [3.8, 4) is 17.0 Å². The van der Waals surface area contributed by atoms with E-state index >= 15 is 0 Å². The summed E-state index contributed by atoms with van der Waals surface area (Å²) in [7, 11) is 0. The summed E-state index contributed by atoms with van der Waals surface area (Å²) < 4.78 is 5.98. The Morgan fingerprint density at radius 2 is 2.05 bits per heavy atom. The molecule has 2 heterocycles. The van der Waals surface area contributed by atoms with E-state index < -0.39 is 0 Å². The molecule has 1 aliphatic rings. The highest BCUT2D eigenvalue weighted by Crippen LogP contribution is 2.29. The fraction of sp³-hybridized carbons (Fsp3) is 0.267.